The number of hydrogen-bond donors (Lipinski definition) is 3. The number of aromatic nitrogens is 3. The van der Waals surface area contributed by atoms with Gasteiger partial charge in [0.05, 0.1) is 17.9 Å². The second kappa shape index (κ2) is 5.66. The van der Waals surface area contributed by atoms with Gasteiger partial charge in [-0.3, -0.25) is 20.0 Å². The molecule has 0 aliphatic rings. The zero-order valence-corrected chi connectivity index (χ0v) is 11.7. The lowest BCUT2D eigenvalue weighted by Crippen LogP contribution is -2.01. The summed E-state index contributed by atoms with van der Waals surface area (Å²) in [6.07, 6.45) is 1.86. The molecule has 2 aromatic heterocycles. The van der Waals surface area contributed by atoms with Crippen LogP contribution in [0.1, 0.15) is 11.3 Å². The van der Waals surface area contributed by atoms with Crippen LogP contribution < -0.4 is 10.9 Å². The first-order chi connectivity index (χ1) is 10.2. The van der Waals surface area contributed by atoms with Gasteiger partial charge >= 0.3 is 0 Å². The van der Waals surface area contributed by atoms with E-state index in [-0.39, 0.29) is 5.56 Å². The van der Waals surface area contributed by atoms with Crippen molar-refractivity contribution in [2.24, 2.45) is 0 Å². The number of aromatic amines is 2. The fourth-order valence-corrected chi connectivity index (χ4v) is 2.05. The molecule has 0 aliphatic carbocycles. The van der Waals surface area contributed by atoms with E-state index in [0.717, 1.165) is 28.2 Å². The summed E-state index contributed by atoms with van der Waals surface area (Å²) in [5.74, 6) is 0. The van der Waals surface area contributed by atoms with Gasteiger partial charge in [0.25, 0.3) is 5.56 Å². The Bertz CT molecular complexity index is 769. The van der Waals surface area contributed by atoms with Gasteiger partial charge in [-0.15, -0.1) is 0 Å². The molecule has 0 saturated carbocycles. The summed E-state index contributed by atoms with van der Waals surface area (Å²) in [6.45, 7) is 2.70. The third-order valence-corrected chi connectivity index (χ3v) is 3.24. The van der Waals surface area contributed by atoms with Crippen LogP contribution in [0.25, 0.3) is 11.3 Å². The maximum Gasteiger partial charge on any atom is 0.264 e. The Morgan fingerprint density at radius 3 is 2.52 bits per heavy atom. The average molecular weight is 280 g/mol. The molecule has 106 valence electrons. The van der Waals surface area contributed by atoms with Crippen LogP contribution in [0.5, 0.6) is 0 Å². The molecule has 0 saturated heterocycles. The largest absolute Gasteiger partial charge is 0.379 e. The Morgan fingerprint density at radius 2 is 1.90 bits per heavy atom. The minimum absolute atomic E-state index is 0.127. The molecule has 5 nitrogen and oxygen atoms in total. The van der Waals surface area contributed by atoms with E-state index in [1.807, 2.05) is 43.5 Å². The van der Waals surface area contributed by atoms with E-state index < -0.39 is 0 Å². The summed E-state index contributed by atoms with van der Waals surface area (Å²) < 4.78 is 0. The number of anilines is 1. The second-order valence-corrected chi connectivity index (χ2v) is 4.93. The number of nitrogens with one attached hydrogen (secondary N) is 3. The van der Waals surface area contributed by atoms with Crippen LogP contribution in [0.4, 0.5) is 5.69 Å². The zero-order chi connectivity index (χ0) is 14.7. The highest BCUT2D eigenvalue weighted by Crippen LogP contribution is 2.18. The fraction of sp³-hybridized carbons (Fsp3) is 0.125. The van der Waals surface area contributed by atoms with Crippen molar-refractivity contribution in [3.8, 4) is 11.3 Å². The standard InChI is InChI=1S/C16H16N4O/c1-11-2-5-14(17-9-11)10-18-13-6-3-12(4-7-13)15-8-16(21)20-19-15/h2-9,18H,10H2,1H3,(H2,19,20,21). The predicted molar refractivity (Wildman–Crippen MR) is 83.2 cm³/mol. The van der Waals surface area contributed by atoms with Gasteiger partial charge in [0.15, 0.2) is 0 Å². The van der Waals surface area contributed by atoms with Crippen molar-refractivity contribution in [3.63, 3.8) is 0 Å². The minimum Gasteiger partial charge on any atom is -0.379 e. The van der Waals surface area contributed by atoms with Gasteiger partial charge in [-0.05, 0) is 36.2 Å². The Morgan fingerprint density at radius 1 is 1.10 bits per heavy atom. The van der Waals surface area contributed by atoms with Gasteiger partial charge < -0.3 is 5.32 Å². The minimum atomic E-state index is -0.127. The second-order valence-electron chi connectivity index (χ2n) is 4.93. The van der Waals surface area contributed by atoms with Gasteiger partial charge in [0, 0.05) is 18.0 Å². The number of hydrogen-bond acceptors (Lipinski definition) is 3. The highest BCUT2D eigenvalue weighted by atomic mass is 16.1. The Hall–Kier alpha value is -2.82. The number of pyridine rings is 1. The summed E-state index contributed by atoms with van der Waals surface area (Å²) in [5, 5.41) is 8.69. The van der Waals surface area contributed by atoms with Crippen molar-refractivity contribution in [2.75, 3.05) is 5.32 Å². The summed E-state index contributed by atoms with van der Waals surface area (Å²) in [6, 6.07) is 13.5. The van der Waals surface area contributed by atoms with Gasteiger partial charge in [0.1, 0.15) is 0 Å². The molecule has 0 amide bonds. The molecule has 3 N–H and O–H groups in total. The first-order valence-electron chi connectivity index (χ1n) is 6.74. The lowest BCUT2D eigenvalue weighted by atomic mass is 10.1. The topological polar surface area (TPSA) is 73.6 Å². The molecule has 2 heterocycles. The SMILES string of the molecule is Cc1ccc(CNc2ccc(-c3cc(=O)[nH][nH]3)cc2)nc1. The molecule has 0 unspecified atom stereocenters. The molecule has 21 heavy (non-hydrogen) atoms. The Labute approximate surface area is 122 Å². The molecular weight excluding hydrogens is 264 g/mol. The lowest BCUT2D eigenvalue weighted by molar-refractivity contribution is 1.04. The molecule has 0 spiro atoms. The summed E-state index contributed by atoms with van der Waals surface area (Å²) in [4.78, 5) is 15.5. The molecule has 1 aromatic carbocycles. The number of aryl methyl sites for hydroxylation is 1. The van der Waals surface area contributed by atoms with E-state index in [1.54, 1.807) is 6.07 Å². The average Bonchev–Trinajstić information content (AvgIpc) is 2.94. The highest BCUT2D eigenvalue weighted by molar-refractivity contribution is 5.62. The summed E-state index contributed by atoms with van der Waals surface area (Å²) >= 11 is 0. The maximum atomic E-state index is 11.1. The van der Waals surface area contributed by atoms with Crippen molar-refractivity contribution < 1.29 is 0 Å². The van der Waals surface area contributed by atoms with E-state index in [2.05, 4.69) is 26.6 Å². The summed E-state index contributed by atoms with van der Waals surface area (Å²) in [7, 11) is 0. The summed E-state index contributed by atoms with van der Waals surface area (Å²) in [5.41, 5.74) is 4.79. The van der Waals surface area contributed by atoms with Crippen LogP contribution >= 0.6 is 0 Å². The van der Waals surface area contributed by atoms with Gasteiger partial charge in [-0.25, -0.2) is 0 Å². The fourth-order valence-electron chi connectivity index (χ4n) is 2.05. The van der Waals surface area contributed by atoms with E-state index in [4.69, 9.17) is 0 Å². The van der Waals surface area contributed by atoms with E-state index in [0.29, 0.717) is 6.54 Å². The molecule has 5 heteroatoms. The van der Waals surface area contributed by atoms with Gasteiger partial charge in [0.2, 0.25) is 0 Å². The van der Waals surface area contributed by atoms with Gasteiger partial charge in [-0.1, -0.05) is 18.2 Å². The first kappa shape index (κ1) is 13.2. The van der Waals surface area contributed by atoms with Gasteiger partial charge in [-0.2, -0.15) is 0 Å². The predicted octanol–water partition coefficient (Wildman–Crippen LogP) is 2.69. The number of rotatable bonds is 4. The monoisotopic (exact) mass is 280 g/mol. The van der Waals surface area contributed by atoms with Crippen LogP contribution in [0.2, 0.25) is 0 Å². The molecule has 0 bridgehead atoms. The number of benzene rings is 1. The maximum absolute atomic E-state index is 11.1. The van der Waals surface area contributed by atoms with E-state index >= 15 is 0 Å². The van der Waals surface area contributed by atoms with Crippen LogP contribution in [0.15, 0.2) is 53.5 Å². The van der Waals surface area contributed by atoms with Crippen molar-refractivity contribution in [1.29, 1.82) is 0 Å². The number of H-pyrrole nitrogens is 2. The first-order valence-corrected chi connectivity index (χ1v) is 6.74. The smallest absolute Gasteiger partial charge is 0.264 e. The highest BCUT2D eigenvalue weighted by Gasteiger charge is 2.01. The molecule has 0 aliphatic heterocycles. The van der Waals surface area contributed by atoms with Crippen molar-refractivity contribution in [2.45, 2.75) is 13.5 Å². The quantitative estimate of drug-likeness (QED) is 0.688. The van der Waals surface area contributed by atoms with Crippen LogP contribution in [0, 0.1) is 6.92 Å². The Kier molecular flexibility index (Phi) is 3.55. The van der Waals surface area contributed by atoms with Crippen molar-refractivity contribution in [1.82, 2.24) is 15.2 Å². The normalized spacial score (nSPS) is 10.5. The van der Waals surface area contributed by atoms with Crippen LogP contribution in [0.3, 0.4) is 0 Å². The third kappa shape index (κ3) is 3.20. The van der Waals surface area contributed by atoms with Crippen LogP contribution in [-0.2, 0) is 6.54 Å². The zero-order valence-electron chi connectivity index (χ0n) is 11.7. The molecule has 0 fully saturated rings. The molecular formula is C16H16N4O. The molecule has 3 aromatic rings. The van der Waals surface area contributed by atoms with E-state index in [9.17, 15) is 4.79 Å². The van der Waals surface area contributed by atoms with Crippen molar-refractivity contribution >= 4 is 5.69 Å². The molecule has 3 rings (SSSR count). The molecule has 0 radical (unpaired) electrons. The van der Waals surface area contributed by atoms with Crippen molar-refractivity contribution in [3.05, 3.63) is 70.3 Å². The lowest BCUT2D eigenvalue weighted by Gasteiger charge is -2.07. The van der Waals surface area contributed by atoms with E-state index in [1.165, 1.54) is 0 Å². The van der Waals surface area contributed by atoms with Crippen LogP contribution in [-0.4, -0.2) is 15.2 Å². The third-order valence-electron chi connectivity index (χ3n) is 3.24. The Balaban J connectivity index is 1.67. The number of nitrogens with zero attached hydrogens (tertiary/aromatic N) is 1. The molecule has 0 atom stereocenters.